The van der Waals surface area contributed by atoms with Gasteiger partial charge in [-0.1, -0.05) is 29.5 Å². The Balaban J connectivity index is 1.11. The lowest BCUT2D eigenvalue weighted by atomic mass is 10.2. The average Bonchev–Trinajstić information content (AvgIpc) is 3.09. The SMILES string of the molecule is COCC1CN(c2ncc(C#Cc3cnc(/C(C=NCCOSc4ccc(C)cc4)=C/N)nc3)cn2)CCN1c1ncncn1. The molecule has 14 heteroatoms. The summed E-state index contributed by atoms with van der Waals surface area (Å²) in [7, 11) is 1.68. The lowest BCUT2D eigenvalue weighted by Crippen LogP contribution is -2.56. The number of benzene rings is 1. The van der Waals surface area contributed by atoms with E-state index in [9.17, 15) is 0 Å². The van der Waals surface area contributed by atoms with Crippen LogP contribution in [0.2, 0.25) is 0 Å². The van der Waals surface area contributed by atoms with Crippen molar-refractivity contribution in [2.75, 3.05) is 56.3 Å². The zero-order chi connectivity index (χ0) is 31.3. The minimum Gasteiger partial charge on any atom is -0.404 e. The van der Waals surface area contributed by atoms with Crippen LogP contribution < -0.4 is 15.5 Å². The van der Waals surface area contributed by atoms with Gasteiger partial charge in [-0.15, -0.1) is 0 Å². The van der Waals surface area contributed by atoms with Gasteiger partial charge in [-0.05, 0) is 19.1 Å². The van der Waals surface area contributed by atoms with E-state index in [0.717, 1.165) is 4.90 Å². The summed E-state index contributed by atoms with van der Waals surface area (Å²) in [5.41, 5.74) is 8.94. The van der Waals surface area contributed by atoms with Crippen molar-refractivity contribution in [1.82, 2.24) is 34.9 Å². The van der Waals surface area contributed by atoms with Gasteiger partial charge in [0.2, 0.25) is 11.9 Å². The number of methoxy groups -OCH3 is 1. The number of nitrogens with two attached hydrogens (primary N) is 1. The van der Waals surface area contributed by atoms with Crippen LogP contribution in [0.3, 0.4) is 0 Å². The van der Waals surface area contributed by atoms with E-state index in [1.165, 1.54) is 36.5 Å². The molecule has 1 aliphatic heterocycles. The Kier molecular flexibility index (Phi) is 11.3. The third-order valence-corrected chi connectivity index (χ3v) is 7.40. The van der Waals surface area contributed by atoms with Crippen LogP contribution in [-0.4, -0.2) is 93.6 Å². The summed E-state index contributed by atoms with van der Waals surface area (Å²) in [6, 6.07) is 8.19. The molecule has 5 rings (SSSR count). The van der Waals surface area contributed by atoms with Gasteiger partial charge in [0.05, 0.1) is 42.5 Å². The molecule has 0 amide bonds. The van der Waals surface area contributed by atoms with E-state index in [-0.39, 0.29) is 6.04 Å². The number of hydrogen-bond acceptors (Lipinski definition) is 14. The molecule has 230 valence electrons. The third-order valence-electron chi connectivity index (χ3n) is 6.65. The first kappa shape index (κ1) is 31.5. The highest BCUT2D eigenvalue weighted by Gasteiger charge is 2.30. The van der Waals surface area contributed by atoms with Crippen LogP contribution in [0, 0.1) is 18.8 Å². The second-order valence-electron chi connectivity index (χ2n) is 9.88. The predicted molar refractivity (Wildman–Crippen MR) is 174 cm³/mol. The number of ether oxygens (including phenoxy) is 1. The van der Waals surface area contributed by atoms with Gasteiger partial charge in [-0.2, -0.15) is 0 Å². The summed E-state index contributed by atoms with van der Waals surface area (Å²) in [6.07, 6.45) is 12.8. The van der Waals surface area contributed by atoms with Crippen LogP contribution in [-0.2, 0) is 8.92 Å². The lowest BCUT2D eigenvalue weighted by molar-refractivity contribution is 0.173. The maximum Gasteiger partial charge on any atom is 0.228 e. The molecule has 0 aliphatic carbocycles. The fourth-order valence-electron chi connectivity index (χ4n) is 4.38. The van der Waals surface area contributed by atoms with E-state index in [0.29, 0.717) is 73.8 Å². The Bertz CT molecular complexity index is 1630. The van der Waals surface area contributed by atoms with Crippen LogP contribution in [0.25, 0.3) is 5.57 Å². The van der Waals surface area contributed by atoms with Crippen molar-refractivity contribution >= 4 is 35.7 Å². The van der Waals surface area contributed by atoms with Gasteiger partial charge in [-0.3, -0.25) is 4.99 Å². The smallest absolute Gasteiger partial charge is 0.228 e. The summed E-state index contributed by atoms with van der Waals surface area (Å²) in [6.45, 7) is 5.59. The molecule has 0 radical (unpaired) electrons. The maximum atomic E-state index is 5.80. The molecule has 2 N–H and O–H groups in total. The zero-order valence-corrected chi connectivity index (χ0v) is 25.8. The standard InChI is InChI=1S/C31H33N11O2S/c1-23-3-7-28(8-4-23)45-44-12-9-33-18-26(13-32)29-35-14-24(15-36-29)5-6-25-16-37-30(38-17-25)41-10-11-42(27(19-41)20-43-2)31-39-21-34-22-40-31/h3-4,7-8,13-18,21-22,27H,9-12,19-20,32H2,1-2H3/b26-13+,33-18?. The molecule has 0 bridgehead atoms. The highest BCUT2D eigenvalue weighted by molar-refractivity contribution is 7.94. The van der Waals surface area contributed by atoms with Crippen molar-refractivity contribution in [3.63, 3.8) is 0 Å². The number of allylic oxidation sites excluding steroid dienone is 1. The number of rotatable bonds is 11. The van der Waals surface area contributed by atoms with Crippen LogP contribution in [0.1, 0.15) is 22.5 Å². The van der Waals surface area contributed by atoms with Crippen molar-refractivity contribution in [3.05, 3.63) is 90.4 Å². The minimum atomic E-state index is 0.0422. The topological polar surface area (TPSA) is 154 Å². The molecule has 45 heavy (non-hydrogen) atoms. The number of nitrogens with zero attached hydrogens (tertiary/aromatic N) is 10. The Labute approximate surface area is 266 Å². The van der Waals surface area contributed by atoms with Gasteiger partial charge >= 0.3 is 0 Å². The fourth-order valence-corrected chi connectivity index (χ4v) is 4.92. The van der Waals surface area contributed by atoms with Gasteiger partial charge in [0.25, 0.3) is 0 Å². The summed E-state index contributed by atoms with van der Waals surface area (Å²) in [4.78, 5) is 40.1. The molecular formula is C31H33N11O2S. The van der Waals surface area contributed by atoms with Gasteiger partial charge in [0.1, 0.15) is 12.7 Å². The first-order valence-electron chi connectivity index (χ1n) is 14.2. The molecule has 4 heterocycles. The van der Waals surface area contributed by atoms with Gasteiger partial charge in [0.15, 0.2) is 5.82 Å². The van der Waals surface area contributed by atoms with Gasteiger partial charge in [-0.25, -0.2) is 34.9 Å². The second-order valence-corrected chi connectivity index (χ2v) is 10.8. The molecule has 4 aromatic rings. The highest BCUT2D eigenvalue weighted by atomic mass is 32.2. The number of aryl methyl sites for hydroxylation is 1. The van der Waals surface area contributed by atoms with Gasteiger partial charge in [0, 0.05) is 80.9 Å². The minimum absolute atomic E-state index is 0.0422. The molecule has 1 aromatic carbocycles. The maximum absolute atomic E-state index is 5.80. The van der Waals surface area contributed by atoms with Crippen molar-refractivity contribution in [1.29, 1.82) is 0 Å². The number of hydrogen-bond donors (Lipinski definition) is 1. The Morgan fingerprint density at radius 1 is 0.978 bits per heavy atom. The second kappa shape index (κ2) is 16.2. The fraction of sp³-hybridized carbons (Fsp3) is 0.290. The molecular weight excluding hydrogens is 590 g/mol. The predicted octanol–water partition coefficient (Wildman–Crippen LogP) is 2.60. The molecule has 13 nitrogen and oxygen atoms in total. The van der Waals surface area contributed by atoms with Crippen LogP contribution >= 0.6 is 12.0 Å². The monoisotopic (exact) mass is 623 g/mol. The first-order valence-corrected chi connectivity index (χ1v) is 14.9. The van der Waals surface area contributed by atoms with Crippen LogP contribution in [0.4, 0.5) is 11.9 Å². The highest BCUT2D eigenvalue weighted by Crippen LogP contribution is 2.20. The molecule has 3 aromatic heterocycles. The van der Waals surface area contributed by atoms with E-state index >= 15 is 0 Å². The third kappa shape index (κ3) is 9.02. The Hall–Kier alpha value is -4.97. The van der Waals surface area contributed by atoms with Crippen molar-refractivity contribution in [2.24, 2.45) is 10.7 Å². The normalized spacial score (nSPS) is 15.2. The Morgan fingerprint density at radius 2 is 1.67 bits per heavy atom. The van der Waals surface area contributed by atoms with Crippen molar-refractivity contribution in [3.8, 4) is 11.8 Å². The average molecular weight is 624 g/mol. The van der Waals surface area contributed by atoms with Gasteiger partial charge < -0.3 is 24.5 Å². The molecule has 0 saturated carbocycles. The molecule has 1 fully saturated rings. The quantitative estimate of drug-likeness (QED) is 0.113. The largest absolute Gasteiger partial charge is 0.404 e. The lowest BCUT2D eigenvalue weighted by Gasteiger charge is -2.40. The van der Waals surface area contributed by atoms with E-state index in [4.69, 9.17) is 14.7 Å². The van der Waals surface area contributed by atoms with E-state index in [2.05, 4.69) is 80.6 Å². The number of anilines is 2. The number of piperazine rings is 1. The van der Waals surface area contributed by atoms with Crippen LogP contribution in [0.15, 0.2) is 77.8 Å². The number of aliphatic imine (C=N–C) groups is 1. The van der Waals surface area contributed by atoms with E-state index in [1.54, 1.807) is 38.1 Å². The van der Waals surface area contributed by atoms with E-state index in [1.807, 2.05) is 12.1 Å². The molecule has 1 saturated heterocycles. The van der Waals surface area contributed by atoms with Crippen molar-refractivity contribution < 1.29 is 8.92 Å². The Morgan fingerprint density at radius 3 is 2.33 bits per heavy atom. The molecule has 0 spiro atoms. The first-order chi connectivity index (χ1) is 22.1. The summed E-state index contributed by atoms with van der Waals surface area (Å²) in [5.74, 6) is 7.85. The molecule has 1 aliphatic rings. The zero-order valence-electron chi connectivity index (χ0n) is 25.0. The molecule has 1 atom stereocenters. The summed E-state index contributed by atoms with van der Waals surface area (Å²) in [5, 5.41) is 0. The summed E-state index contributed by atoms with van der Waals surface area (Å²) >= 11 is 1.33. The summed E-state index contributed by atoms with van der Waals surface area (Å²) < 4.78 is 11.1. The van der Waals surface area contributed by atoms with E-state index < -0.39 is 0 Å². The molecule has 1 unspecified atom stereocenters. The number of aromatic nitrogens is 7. The van der Waals surface area contributed by atoms with Crippen molar-refractivity contribution in [2.45, 2.75) is 17.9 Å². The van der Waals surface area contributed by atoms with Crippen LogP contribution in [0.5, 0.6) is 0 Å².